The average molecular weight is 374 g/mol. The van der Waals surface area contributed by atoms with Crippen molar-refractivity contribution in [3.05, 3.63) is 89.7 Å². The van der Waals surface area contributed by atoms with Crippen molar-refractivity contribution < 1.29 is 14.3 Å². The predicted molar refractivity (Wildman–Crippen MR) is 106 cm³/mol. The molecular weight excluding hydrogens is 352 g/mol. The summed E-state index contributed by atoms with van der Waals surface area (Å²) in [6.45, 7) is 2.74. The second kappa shape index (κ2) is 8.13. The lowest BCUT2D eigenvalue weighted by Crippen LogP contribution is -2.34. The van der Waals surface area contributed by atoms with Crippen LogP contribution >= 0.6 is 0 Å². The van der Waals surface area contributed by atoms with Crippen molar-refractivity contribution in [3.8, 4) is 11.5 Å². The first-order chi connectivity index (χ1) is 13.7. The van der Waals surface area contributed by atoms with Gasteiger partial charge >= 0.3 is 0 Å². The molecule has 1 aliphatic heterocycles. The van der Waals surface area contributed by atoms with Crippen LogP contribution in [-0.2, 0) is 17.8 Å². The summed E-state index contributed by atoms with van der Waals surface area (Å²) in [5.41, 5.74) is 2.86. The van der Waals surface area contributed by atoms with Gasteiger partial charge in [0.05, 0.1) is 24.7 Å². The molecule has 0 saturated carbocycles. The molecule has 1 aromatic heterocycles. The molecule has 2 aromatic carbocycles. The van der Waals surface area contributed by atoms with Crippen LogP contribution in [0.1, 0.15) is 29.8 Å². The lowest BCUT2D eigenvalue weighted by molar-refractivity contribution is -0.133. The molecule has 142 valence electrons. The van der Waals surface area contributed by atoms with E-state index in [-0.39, 0.29) is 18.7 Å². The van der Waals surface area contributed by atoms with E-state index in [1.54, 1.807) is 6.20 Å². The van der Waals surface area contributed by atoms with Gasteiger partial charge in [-0.1, -0.05) is 42.5 Å². The van der Waals surface area contributed by atoms with E-state index >= 15 is 0 Å². The molecule has 2 heterocycles. The molecule has 0 aliphatic carbocycles. The highest BCUT2D eigenvalue weighted by Crippen LogP contribution is 2.33. The number of ether oxygens (including phenoxy) is 2. The zero-order chi connectivity index (χ0) is 19.3. The molecule has 0 N–H and O–H groups in total. The Balaban J connectivity index is 1.57. The van der Waals surface area contributed by atoms with Gasteiger partial charge in [0.2, 0.25) is 12.7 Å². The van der Waals surface area contributed by atoms with Crippen LogP contribution in [0.25, 0.3) is 0 Å². The molecule has 0 fully saturated rings. The summed E-state index contributed by atoms with van der Waals surface area (Å²) in [4.78, 5) is 19.5. The quantitative estimate of drug-likeness (QED) is 0.651. The van der Waals surface area contributed by atoms with Gasteiger partial charge in [0.25, 0.3) is 0 Å². The van der Waals surface area contributed by atoms with E-state index in [1.807, 2.05) is 71.6 Å². The second-order valence-electron chi connectivity index (χ2n) is 6.79. The summed E-state index contributed by atoms with van der Waals surface area (Å²) < 4.78 is 10.8. The lowest BCUT2D eigenvalue weighted by Gasteiger charge is -2.29. The number of hydrogen-bond acceptors (Lipinski definition) is 4. The lowest BCUT2D eigenvalue weighted by atomic mass is 10.0. The Morgan fingerprint density at radius 1 is 1.04 bits per heavy atom. The predicted octanol–water partition coefficient (Wildman–Crippen LogP) is 4.14. The zero-order valence-electron chi connectivity index (χ0n) is 15.7. The van der Waals surface area contributed by atoms with Gasteiger partial charge in [-0.25, -0.2) is 0 Å². The third-order valence-electron chi connectivity index (χ3n) is 4.92. The summed E-state index contributed by atoms with van der Waals surface area (Å²) in [5, 5.41) is 0. The summed E-state index contributed by atoms with van der Waals surface area (Å²) in [6, 6.07) is 21.4. The van der Waals surface area contributed by atoms with E-state index in [4.69, 9.17) is 9.47 Å². The van der Waals surface area contributed by atoms with Crippen molar-refractivity contribution in [2.75, 3.05) is 6.79 Å². The molecule has 5 nitrogen and oxygen atoms in total. The van der Waals surface area contributed by atoms with E-state index < -0.39 is 0 Å². The Kier molecular flexibility index (Phi) is 5.24. The fourth-order valence-electron chi connectivity index (χ4n) is 3.35. The molecule has 0 spiro atoms. The first-order valence-corrected chi connectivity index (χ1v) is 9.33. The molecule has 28 heavy (non-hydrogen) atoms. The first-order valence-electron chi connectivity index (χ1n) is 9.33. The van der Waals surface area contributed by atoms with Crippen molar-refractivity contribution in [2.45, 2.75) is 25.9 Å². The van der Waals surface area contributed by atoms with Gasteiger partial charge in [0.1, 0.15) is 0 Å². The van der Waals surface area contributed by atoms with Gasteiger partial charge in [-0.15, -0.1) is 0 Å². The number of rotatable bonds is 6. The monoisotopic (exact) mass is 374 g/mol. The molecule has 0 radical (unpaired) electrons. The minimum absolute atomic E-state index is 0.0425. The number of aromatic nitrogens is 1. The van der Waals surface area contributed by atoms with Crippen molar-refractivity contribution >= 4 is 5.91 Å². The van der Waals surface area contributed by atoms with Gasteiger partial charge in [-0.05, 0) is 42.3 Å². The number of carbonyl (C=O) groups excluding carboxylic acids is 1. The summed E-state index contributed by atoms with van der Waals surface area (Å²) in [6.07, 6.45) is 2.05. The Morgan fingerprint density at radius 3 is 2.61 bits per heavy atom. The average Bonchev–Trinajstić information content (AvgIpc) is 3.21. The summed E-state index contributed by atoms with van der Waals surface area (Å²) in [7, 11) is 0. The fourth-order valence-corrected chi connectivity index (χ4v) is 3.35. The van der Waals surface area contributed by atoms with Crippen molar-refractivity contribution in [1.82, 2.24) is 9.88 Å². The van der Waals surface area contributed by atoms with Gasteiger partial charge in [0, 0.05) is 6.20 Å². The number of fused-ring (bicyclic) bond motifs is 1. The Hall–Kier alpha value is -3.34. The van der Waals surface area contributed by atoms with E-state index in [1.165, 1.54) is 0 Å². The minimum atomic E-state index is -0.0651. The van der Waals surface area contributed by atoms with Gasteiger partial charge in [-0.2, -0.15) is 0 Å². The van der Waals surface area contributed by atoms with Crippen LogP contribution in [-0.4, -0.2) is 22.6 Å². The molecule has 4 rings (SSSR count). The van der Waals surface area contributed by atoms with Crippen LogP contribution in [0.4, 0.5) is 0 Å². The number of amides is 1. The number of hydrogen-bond donors (Lipinski definition) is 0. The maximum atomic E-state index is 13.3. The number of carbonyl (C=O) groups is 1. The standard InChI is InChI=1S/C23H22N2O3/c1-17(19-7-3-2-4-8-19)25(15-20-9-5-6-12-24-20)23(26)14-18-10-11-21-22(13-18)28-16-27-21/h2-13,17H,14-16H2,1H3/t17-/m0/s1. The normalized spacial score (nSPS) is 13.2. The largest absolute Gasteiger partial charge is 0.454 e. The van der Waals surface area contributed by atoms with Crippen LogP contribution in [0.2, 0.25) is 0 Å². The maximum absolute atomic E-state index is 13.3. The first kappa shape index (κ1) is 18.0. The van der Waals surface area contributed by atoms with E-state index in [0.717, 1.165) is 22.6 Å². The molecule has 0 bridgehead atoms. The smallest absolute Gasteiger partial charge is 0.231 e. The van der Waals surface area contributed by atoms with Crippen molar-refractivity contribution in [2.24, 2.45) is 0 Å². The fraction of sp³-hybridized carbons (Fsp3) is 0.217. The van der Waals surface area contributed by atoms with Gasteiger partial charge in [-0.3, -0.25) is 9.78 Å². The van der Waals surface area contributed by atoms with Crippen LogP contribution in [0.5, 0.6) is 11.5 Å². The van der Waals surface area contributed by atoms with E-state index in [2.05, 4.69) is 11.9 Å². The van der Waals surface area contributed by atoms with Crippen LogP contribution in [0.15, 0.2) is 72.9 Å². The van der Waals surface area contributed by atoms with Gasteiger partial charge in [0.15, 0.2) is 11.5 Å². The highest BCUT2D eigenvalue weighted by atomic mass is 16.7. The molecule has 0 saturated heterocycles. The topological polar surface area (TPSA) is 51.7 Å². The maximum Gasteiger partial charge on any atom is 0.231 e. The van der Waals surface area contributed by atoms with E-state index in [0.29, 0.717) is 18.7 Å². The third kappa shape index (κ3) is 3.98. The van der Waals surface area contributed by atoms with Crippen molar-refractivity contribution in [1.29, 1.82) is 0 Å². The van der Waals surface area contributed by atoms with Crippen LogP contribution in [0.3, 0.4) is 0 Å². The number of pyridine rings is 1. The van der Waals surface area contributed by atoms with Crippen LogP contribution in [0, 0.1) is 0 Å². The zero-order valence-corrected chi connectivity index (χ0v) is 15.7. The molecule has 5 heteroatoms. The number of benzene rings is 2. The Labute approximate surface area is 164 Å². The summed E-state index contributed by atoms with van der Waals surface area (Å²) >= 11 is 0. The Bertz CT molecular complexity index is 945. The van der Waals surface area contributed by atoms with E-state index in [9.17, 15) is 4.79 Å². The van der Waals surface area contributed by atoms with Crippen LogP contribution < -0.4 is 9.47 Å². The van der Waals surface area contributed by atoms with Gasteiger partial charge < -0.3 is 14.4 Å². The second-order valence-corrected chi connectivity index (χ2v) is 6.79. The third-order valence-corrected chi connectivity index (χ3v) is 4.92. The highest BCUT2D eigenvalue weighted by molar-refractivity contribution is 5.79. The minimum Gasteiger partial charge on any atom is -0.454 e. The Morgan fingerprint density at radius 2 is 1.82 bits per heavy atom. The molecular formula is C23H22N2O3. The molecule has 1 aliphatic rings. The summed E-state index contributed by atoms with van der Waals surface area (Å²) in [5.74, 6) is 1.46. The number of nitrogens with zero attached hydrogens (tertiary/aromatic N) is 2. The molecule has 1 amide bonds. The highest BCUT2D eigenvalue weighted by Gasteiger charge is 2.23. The molecule has 3 aromatic rings. The SMILES string of the molecule is C[C@@H](c1ccccc1)N(Cc1ccccn1)C(=O)Cc1ccc2c(c1)OCO2. The van der Waals surface area contributed by atoms with Crippen molar-refractivity contribution in [3.63, 3.8) is 0 Å². The molecule has 1 atom stereocenters. The molecule has 0 unspecified atom stereocenters.